The van der Waals surface area contributed by atoms with Crippen molar-refractivity contribution in [2.24, 2.45) is 7.05 Å². The molecule has 0 amide bonds. The lowest BCUT2D eigenvalue weighted by Gasteiger charge is -2.10. The summed E-state index contributed by atoms with van der Waals surface area (Å²) in [5.41, 5.74) is 6.29. The molecule has 0 atom stereocenters. The number of aromatic nitrogens is 2. The third-order valence-corrected chi connectivity index (χ3v) is 4.10. The molecule has 1 aliphatic rings. The smallest absolute Gasteiger partial charge is 0.265 e. The van der Waals surface area contributed by atoms with Crippen molar-refractivity contribution in [2.45, 2.75) is 4.90 Å². The zero-order valence-corrected chi connectivity index (χ0v) is 11.3. The van der Waals surface area contributed by atoms with Crippen molar-refractivity contribution in [3.8, 4) is 11.5 Å². The molecule has 2 aromatic rings. The lowest BCUT2D eigenvalue weighted by Crippen LogP contribution is -2.13. The van der Waals surface area contributed by atoms with Crippen LogP contribution in [-0.4, -0.2) is 25.0 Å². The molecule has 0 saturated heterocycles. The van der Waals surface area contributed by atoms with Gasteiger partial charge in [-0.1, -0.05) is 0 Å². The van der Waals surface area contributed by atoms with Gasteiger partial charge in [-0.3, -0.25) is 9.40 Å². The van der Waals surface area contributed by atoms with Crippen LogP contribution in [0.15, 0.2) is 29.4 Å². The standard InChI is InChI=1S/C11H12N4O4S/c1-15-5-7(4-13-15)20(16,17)14-9-3-11-10(2-8(9)12)18-6-19-11/h2-5,14H,6,12H2,1H3. The Balaban J connectivity index is 1.95. The second kappa shape index (κ2) is 4.30. The van der Waals surface area contributed by atoms with Crippen molar-refractivity contribution in [2.75, 3.05) is 17.2 Å². The van der Waals surface area contributed by atoms with Gasteiger partial charge in [0.1, 0.15) is 4.90 Å². The Morgan fingerprint density at radius 2 is 2.05 bits per heavy atom. The van der Waals surface area contributed by atoms with E-state index in [1.807, 2.05) is 0 Å². The molecule has 0 radical (unpaired) electrons. The van der Waals surface area contributed by atoms with E-state index in [0.29, 0.717) is 11.5 Å². The summed E-state index contributed by atoms with van der Waals surface area (Å²) in [6.07, 6.45) is 2.65. The Hall–Kier alpha value is -2.42. The van der Waals surface area contributed by atoms with Gasteiger partial charge < -0.3 is 15.2 Å². The third kappa shape index (κ3) is 2.11. The summed E-state index contributed by atoms with van der Waals surface area (Å²) < 4.78 is 38.5. The van der Waals surface area contributed by atoms with Crippen molar-refractivity contribution in [3.05, 3.63) is 24.5 Å². The summed E-state index contributed by atoms with van der Waals surface area (Å²) in [4.78, 5) is 0.0528. The van der Waals surface area contributed by atoms with E-state index in [4.69, 9.17) is 15.2 Å². The molecule has 1 aliphatic heterocycles. The van der Waals surface area contributed by atoms with Crippen LogP contribution < -0.4 is 19.9 Å². The van der Waals surface area contributed by atoms with Crippen LogP contribution in [0, 0.1) is 0 Å². The number of anilines is 2. The van der Waals surface area contributed by atoms with E-state index in [1.54, 1.807) is 7.05 Å². The van der Waals surface area contributed by atoms with Crippen LogP contribution in [0.2, 0.25) is 0 Å². The van der Waals surface area contributed by atoms with Crippen LogP contribution >= 0.6 is 0 Å². The predicted molar refractivity (Wildman–Crippen MR) is 71.0 cm³/mol. The van der Waals surface area contributed by atoms with Gasteiger partial charge in [0.2, 0.25) is 6.79 Å². The molecular weight excluding hydrogens is 284 g/mol. The maximum absolute atomic E-state index is 12.2. The van der Waals surface area contributed by atoms with Crippen molar-refractivity contribution in [1.82, 2.24) is 9.78 Å². The Morgan fingerprint density at radius 1 is 1.35 bits per heavy atom. The number of fused-ring (bicyclic) bond motifs is 1. The number of nitrogens with zero attached hydrogens (tertiary/aromatic N) is 2. The number of hydrogen-bond acceptors (Lipinski definition) is 6. The normalized spacial score (nSPS) is 13.4. The highest BCUT2D eigenvalue weighted by Crippen LogP contribution is 2.38. The van der Waals surface area contributed by atoms with E-state index in [1.165, 1.54) is 29.2 Å². The summed E-state index contributed by atoms with van der Waals surface area (Å²) in [5, 5.41) is 3.83. The highest BCUT2D eigenvalue weighted by Gasteiger charge is 2.21. The Bertz CT molecular complexity index is 769. The van der Waals surface area contributed by atoms with Crippen LogP contribution in [0.4, 0.5) is 11.4 Å². The first-order valence-corrected chi connectivity index (χ1v) is 7.14. The van der Waals surface area contributed by atoms with Gasteiger partial charge in [0, 0.05) is 25.4 Å². The molecule has 0 saturated carbocycles. The highest BCUT2D eigenvalue weighted by atomic mass is 32.2. The summed E-state index contributed by atoms with van der Waals surface area (Å²) in [6.45, 7) is 0.0909. The molecule has 3 N–H and O–H groups in total. The molecule has 20 heavy (non-hydrogen) atoms. The van der Waals surface area contributed by atoms with Crippen LogP contribution in [0.1, 0.15) is 0 Å². The maximum atomic E-state index is 12.2. The summed E-state index contributed by atoms with van der Waals surface area (Å²) in [5.74, 6) is 0.940. The number of nitrogen functional groups attached to an aromatic ring is 1. The van der Waals surface area contributed by atoms with E-state index < -0.39 is 10.0 Å². The molecule has 1 aromatic heterocycles. The van der Waals surface area contributed by atoms with Crippen LogP contribution in [0.3, 0.4) is 0 Å². The number of aryl methyl sites for hydroxylation is 1. The number of rotatable bonds is 3. The fraction of sp³-hybridized carbons (Fsp3) is 0.182. The minimum absolute atomic E-state index is 0.0528. The largest absolute Gasteiger partial charge is 0.454 e. The average molecular weight is 296 g/mol. The fourth-order valence-corrected chi connectivity index (χ4v) is 2.85. The van der Waals surface area contributed by atoms with Crippen LogP contribution in [0.5, 0.6) is 11.5 Å². The van der Waals surface area contributed by atoms with Gasteiger partial charge in [0.15, 0.2) is 11.5 Å². The quantitative estimate of drug-likeness (QED) is 0.800. The van der Waals surface area contributed by atoms with Gasteiger partial charge in [0.25, 0.3) is 10.0 Å². The molecule has 1 aromatic carbocycles. The van der Waals surface area contributed by atoms with Crippen LogP contribution in [-0.2, 0) is 17.1 Å². The number of hydrogen-bond donors (Lipinski definition) is 2. The second-order valence-corrected chi connectivity index (χ2v) is 5.93. The molecule has 0 unspecified atom stereocenters. The molecule has 2 heterocycles. The van der Waals surface area contributed by atoms with Crippen LogP contribution in [0.25, 0.3) is 0 Å². The Morgan fingerprint density at radius 3 is 2.70 bits per heavy atom. The predicted octanol–water partition coefficient (Wildman–Crippen LogP) is 0.532. The number of benzene rings is 1. The number of nitrogens with two attached hydrogens (primary N) is 1. The van der Waals surface area contributed by atoms with Gasteiger partial charge >= 0.3 is 0 Å². The van der Waals surface area contributed by atoms with Crippen molar-refractivity contribution in [1.29, 1.82) is 0 Å². The third-order valence-electron chi connectivity index (χ3n) is 2.78. The van der Waals surface area contributed by atoms with E-state index in [-0.39, 0.29) is 23.1 Å². The van der Waals surface area contributed by atoms with Gasteiger partial charge in [-0.05, 0) is 0 Å². The van der Waals surface area contributed by atoms with Crippen molar-refractivity contribution < 1.29 is 17.9 Å². The maximum Gasteiger partial charge on any atom is 0.265 e. The van der Waals surface area contributed by atoms with E-state index in [9.17, 15) is 8.42 Å². The first-order chi connectivity index (χ1) is 9.45. The molecule has 0 aliphatic carbocycles. The zero-order chi connectivity index (χ0) is 14.3. The molecule has 3 rings (SSSR count). The van der Waals surface area contributed by atoms with Crippen molar-refractivity contribution >= 4 is 21.4 Å². The summed E-state index contributed by atoms with van der Waals surface area (Å²) in [6, 6.07) is 3.01. The minimum atomic E-state index is -3.74. The van der Waals surface area contributed by atoms with Gasteiger partial charge in [-0.2, -0.15) is 5.10 Å². The molecular formula is C11H12N4O4S. The second-order valence-electron chi connectivity index (χ2n) is 4.25. The van der Waals surface area contributed by atoms with Gasteiger partial charge in [0.05, 0.1) is 17.6 Å². The first kappa shape index (κ1) is 12.6. The molecule has 0 fully saturated rings. The van der Waals surface area contributed by atoms with E-state index in [0.717, 1.165) is 0 Å². The average Bonchev–Trinajstić information content (AvgIpc) is 2.98. The summed E-state index contributed by atoms with van der Waals surface area (Å²) in [7, 11) is -2.11. The van der Waals surface area contributed by atoms with E-state index in [2.05, 4.69) is 9.82 Å². The molecule has 8 nitrogen and oxygen atoms in total. The number of sulfonamides is 1. The Kier molecular flexibility index (Phi) is 2.71. The molecule has 0 spiro atoms. The highest BCUT2D eigenvalue weighted by molar-refractivity contribution is 7.92. The van der Waals surface area contributed by atoms with Gasteiger partial charge in [-0.15, -0.1) is 0 Å². The minimum Gasteiger partial charge on any atom is -0.454 e. The zero-order valence-electron chi connectivity index (χ0n) is 10.5. The Labute approximate surface area is 115 Å². The monoisotopic (exact) mass is 296 g/mol. The van der Waals surface area contributed by atoms with Crippen molar-refractivity contribution in [3.63, 3.8) is 0 Å². The molecule has 106 valence electrons. The molecule has 9 heteroatoms. The SMILES string of the molecule is Cn1cc(S(=O)(=O)Nc2cc3c(cc2N)OCO3)cn1. The lowest BCUT2D eigenvalue weighted by molar-refractivity contribution is 0.174. The number of ether oxygens (including phenoxy) is 2. The molecule has 0 bridgehead atoms. The van der Waals surface area contributed by atoms with E-state index >= 15 is 0 Å². The topological polar surface area (TPSA) is 108 Å². The number of nitrogens with one attached hydrogen (secondary N) is 1. The first-order valence-electron chi connectivity index (χ1n) is 5.66. The van der Waals surface area contributed by atoms with Gasteiger partial charge in [-0.25, -0.2) is 8.42 Å². The fourth-order valence-electron chi connectivity index (χ4n) is 1.79. The lowest BCUT2D eigenvalue weighted by atomic mass is 10.2. The summed E-state index contributed by atoms with van der Waals surface area (Å²) >= 11 is 0.